The van der Waals surface area contributed by atoms with Gasteiger partial charge in [-0.3, -0.25) is 0 Å². The maximum Gasteiger partial charge on any atom is 1.00 e. The summed E-state index contributed by atoms with van der Waals surface area (Å²) in [5.41, 5.74) is 0.180. The van der Waals surface area contributed by atoms with Gasteiger partial charge in [0, 0.05) is 12.3 Å². The maximum atomic E-state index is 12.0. The third-order valence-corrected chi connectivity index (χ3v) is 1.48. The molecule has 0 radical (unpaired) electrons. The van der Waals surface area contributed by atoms with E-state index >= 15 is 0 Å². The number of halogens is 3. The molecule has 0 atom stereocenters. The Morgan fingerprint density at radius 1 is 1.43 bits per heavy atom. The van der Waals surface area contributed by atoms with Crippen molar-refractivity contribution < 1.29 is 69.1 Å². The number of hydrogen-bond acceptors (Lipinski definition) is 2. The summed E-state index contributed by atoms with van der Waals surface area (Å²) in [4.78, 5) is 3.71. The molecule has 0 aliphatic rings. The Morgan fingerprint density at radius 2 is 2.07 bits per heavy atom. The molecule has 0 spiro atoms. The summed E-state index contributed by atoms with van der Waals surface area (Å²) in [6.45, 7) is -4.79. The van der Waals surface area contributed by atoms with Crippen LogP contribution in [-0.4, -0.2) is 19.1 Å². The van der Waals surface area contributed by atoms with Gasteiger partial charge in [0.15, 0.2) is 0 Å². The van der Waals surface area contributed by atoms with Crippen molar-refractivity contribution in [1.82, 2.24) is 4.98 Å². The molecule has 0 aliphatic heterocycles. The van der Waals surface area contributed by atoms with Gasteiger partial charge in [-0.05, 0) is 6.07 Å². The van der Waals surface area contributed by atoms with Crippen LogP contribution in [0.3, 0.4) is 0 Å². The molecule has 0 saturated heterocycles. The van der Waals surface area contributed by atoms with E-state index in [2.05, 4.69) is 4.98 Å². The Morgan fingerprint density at radius 3 is 2.57 bits per heavy atom. The topological polar surface area (TPSA) is 22.1 Å². The summed E-state index contributed by atoms with van der Waals surface area (Å²) in [5.74, 6) is 0.206. The van der Waals surface area contributed by atoms with Crippen LogP contribution in [0.4, 0.5) is 12.9 Å². The Labute approximate surface area is 123 Å². The molecule has 2 nitrogen and oxygen atoms in total. The van der Waals surface area contributed by atoms with Crippen molar-refractivity contribution in [2.75, 3.05) is 7.11 Å². The monoisotopic (exact) mass is 229 g/mol. The zero-order valence-electron chi connectivity index (χ0n) is 8.01. The molecule has 1 rings (SSSR count). The first kappa shape index (κ1) is 14.4. The molecule has 14 heavy (non-hydrogen) atoms. The van der Waals surface area contributed by atoms with Crippen molar-refractivity contribution in [3.8, 4) is 5.88 Å². The van der Waals surface area contributed by atoms with Crippen molar-refractivity contribution in [3.05, 3.63) is 23.9 Å². The number of rotatable bonds is 3. The molecule has 0 bridgehead atoms. The summed E-state index contributed by atoms with van der Waals surface area (Å²) in [6.07, 6.45) is 0.412. The average molecular weight is 229 g/mol. The van der Waals surface area contributed by atoms with Gasteiger partial charge in [0.2, 0.25) is 5.88 Å². The minimum Gasteiger partial charge on any atom is -0.481 e. The normalized spacial score (nSPS) is 10.6. The number of aromatic nitrogens is 1. The molecule has 7 heteroatoms. The van der Waals surface area contributed by atoms with Crippen LogP contribution in [0.1, 0.15) is 5.56 Å². The molecular formula is C7H8BF3KNO. The zero-order chi connectivity index (χ0) is 9.90. The first-order valence-electron chi connectivity index (χ1n) is 3.71. The van der Waals surface area contributed by atoms with Crippen LogP contribution < -0.4 is 56.1 Å². The molecule has 0 unspecified atom stereocenters. The van der Waals surface area contributed by atoms with E-state index in [0.29, 0.717) is 0 Å². The minimum atomic E-state index is -4.79. The number of nitrogens with zero attached hydrogens (tertiary/aromatic N) is 1. The van der Waals surface area contributed by atoms with E-state index in [1.165, 1.54) is 25.4 Å². The third kappa shape index (κ3) is 5.35. The summed E-state index contributed by atoms with van der Waals surface area (Å²) in [7, 11) is 1.37. The number of methoxy groups -OCH3 is 1. The van der Waals surface area contributed by atoms with Gasteiger partial charge >= 0.3 is 58.4 Å². The second-order valence-electron chi connectivity index (χ2n) is 2.62. The van der Waals surface area contributed by atoms with Crippen molar-refractivity contribution in [3.63, 3.8) is 0 Å². The van der Waals surface area contributed by atoms with Crippen LogP contribution in [0.5, 0.6) is 5.88 Å². The van der Waals surface area contributed by atoms with E-state index in [4.69, 9.17) is 4.74 Å². The largest absolute Gasteiger partial charge is 1.00 e. The van der Waals surface area contributed by atoms with Gasteiger partial charge in [-0.1, -0.05) is 11.9 Å². The first-order valence-corrected chi connectivity index (χ1v) is 3.71. The Balaban J connectivity index is 0.00000169. The molecule has 1 aromatic heterocycles. The van der Waals surface area contributed by atoms with Crippen molar-refractivity contribution in [2.24, 2.45) is 0 Å². The van der Waals surface area contributed by atoms with E-state index in [1.807, 2.05) is 0 Å². The SMILES string of the molecule is COc1cc(C[B-](F)(F)F)ccn1.[K+]. The molecule has 0 saturated carbocycles. The van der Waals surface area contributed by atoms with Gasteiger partial charge < -0.3 is 17.7 Å². The number of pyridine rings is 1. The second-order valence-corrected chi connectivity index (χ2v) is 2.62. The molecule has 0 aromatic carbocycles. The fourth-order valence-corrected chi connectivity index (χ4v) is 0.956. The van der Waals surface area contributed by atoms with E-state index in [-0.39, 0.29) is 62.8 Å². The van der Waals surface area contributed by atoms with Crippen molar-refractivity contribution in [1.29, 1.82) is 0 Å². The van der Waals surface area contributed by atoms with E-state index in [9.17, 15) is 12.9 Å². The van der Waals surface area contributed by atoms with Gasteiger partial charge in [0.1, 0.15) is 0 Å². The number of hydrogen-bond donors (Lipinski definition) is 0. The quantitative estimate of drug-likeness (QED) is 0.622. The van der Waals surface area contributed by atoms with Crippen molar-refractivity contribution >= 4 is 6.98 Å². The molecular weight excluding hydrogens is 221 g/mol. The maximum absolute atomic E-state index is 12.0. The average Bonchev–Trinajstić information content (AvgIpc) is 2.01. The van der Waals surface area contributed by atoms with Gasteiger partial charge in [-0.15, -0.1) is 0 Å². The van der Waals surface area contributed by atoms with E-state index in [1.54, 1.807) is 0 Å². The molecule has 0 N–H and O–H groups in total. The van der Waals surface area contributed by atoms with E-state index in [0.717, 1.165) is 0 Å². The van der Waals surface area contributed by atoms with Gasteiger partial charge in [-0.25, -0.2) is 4.98 Å². The zero-order valence-corrected chi connectivity index (χ0v) is 11.1. The third-order valence-electron chi connectivity index (χ3n) is 1.48. The Hall–Kier alpha value is 0.441. The van der Waals surface area contributed by atoms with Crippen LogP contribution in [-0.2, 0) is 6.32 Å². The van der Waals surface area contributed by atoms with Crippen molar-refractivity contribution in [2.45, 2.75) is 6.32 Å². The summed E-state index contributed by atoms with van der Waals surface area (Å²) in [5, 5.41) is 0. The van der Waals surface area contributed by atoms with E-state index < -0.39 is 13.3 Å². The molecule has 0 fully saturated rings. The van der Waals surface area contributed by atoms with Crippen LogP contribution in [0.25, 0.3) is 0 Å². The Kier molecular flexibility index (Phi) is 6.31. The first-order chi connectivity index (χ1) is 6.01. The molecule has 72 valence electrons. The second kappa shape index (κ2) is 6.12. The molecule has 1 aromatic rings. The Bertz CT molecular complexity index is 295. The fraction of sp³-hybridized carbons (Fsp3) is 0.286. The summed E-state index contributed by atoms with van der Waals surface area (Å²) >= 11 is 0. The van der Waals surface area contributed by atoms with Gasteiger partial charge in [0.05, 0.1) is 7.11 Å². The molecule has 1 heterocycles. The summed E-state index contributed by atoms with van der Waals surface area (Å²) < 4.78 is 40.6. The van der Waals surface area contributed by atoms with Crippen LogP contribution >= 0.6 is 0 Å². The van der Waals surface area contributed by atoms with Gasteiger partial charge in [-0.2, -0.15) is 0 Å². The fourth-order valence-electron chi connectivity index (χ4n) is 0.956. The molecule has 0 aliphatic carbocycles. The number of ether oxygens (including phenoxy) is 1. The summed E-state index contributed by atoms with van der Waals surface area (Å²) in [6, 6.07) is 2.62. The van der Waals surface area contributed by atoms with Crippen LogP contribution in [0.15, 0.2) is 18.3 Å². The predicted octanol–water partition coefficient (Wildman–Crippen LogP) is -0.977. The molecule has 0 amide bonds. The smallest absolute Gasteiger partial charge is 0.481 e. The van der Waals surface area contributed by atoms with Gasteiger partial charge in [0.25, 0.3) is 0 Å². The minimum absolute atomic E-state index is 0. The predicted molar refractivity (Wildman–Crippen MR) is 43.6 cm³/mol. The van der Waals surface area contributed by atoms with Crippen LogP contribution in [0.2, 0.25) is 0 Å². The van der Waals surface area contributed by atoms with Crippen LogP contribution in [0, 0.1) is 0 Å². The standard InChI is InChI=1S/C7H8BF3NO.K/c1-13-7-4-6(2-3-12-7)5-8(9,10)11;/h2-4H,5H2,1H3;/q-1;+1.